The summed E-state index contributed by atoms with van der Waals surface area (Å²) < 4.78 is 0. The normalized spacial score (nSPS) is 9.45. The Morgan fingerprint density at radius 2 is 2.27 bits per heavy atom. The van der Waals surface area contributed by atoms with Gasteiger partial charge in [-0.1, -0.05) is 6.07 Å². The van der Waals surface area contributed by atoms with Crippen molar-refractivity contribution in [3.8, 4) is 5.75 Å². The van der Waals surface area contributed by atoms with E-state index >= 15 is 0 Å². The summed E-state index contributed by atoms with van der Waals surface area (Å²) in [5.41, 5.74) is 6.59. The molecule has 0 bridgehead atoms. The third-order valence-corrected chi connectivity index (χ3v) is 1.39. The number of carbonyl (C=O) groups excluding carboxylic acids is 1. The minimum absolute atomic E-state index is 0.108. The lowest BCUT2D eigenvalue weighted by molar-refractivity contribution is 0.475. The van der Waals surface area contributed by atoms with E-state index in [4.69, 9.17) is 10.8 Å². The van der Waals surface area contributed by atoms with Gasteiger partial charge in [-0.2, -0.15) is 0 Å². The highest BCUT2D eigenvalue weighted by atomic mass is 16.3. The molecule has 0 amide bonds. The van der Waals surface area contributed by atoms with Crippen LogP contribution in [0.4, 0.5) is 5.69 Å². The lowest BCUT2D eigenvalue weighted by Gasteiger charge is -2.00. The molecule has 3 heteroatoms. The second-order valence-electron chi connectivity index (χ2n) is 2.20. The van der Waals surface area contributed by atoms with Crippen molar-refractivity contribution in [1.29, 1.82) is 0 Å². The number of phenolic OH excluding ortho intramolecular Hbond substituents is 1. The molecule has 0 saturated carbocycles. The molecular weight excluding hydrogens is 142 g/mol. The summed E-state index contributed by atoms with van der Waals surface area (Å²) in [6, 6.07) is 4.51. The summed E-state index contributed by atoms with van der Waals surface area (Å²) in [4.78, 5) is 9.97. The fraction of sp³-hybridized carbons (Fsp3) is 0.125. The molecule has 1 aromatic rings. The van der Waals surface area contributed by atoms with Crippen molar-refractivity contribution in [2.45, 2.75) is 6.42 Å². The first-order valence-electron chi connectivity index (χ1n) is 3.16. The predicted molar refractivity (Wildman–Crippen MR) is 41.9 cm³/mol. The zero-order valence-electron chi connectivity index (χ0n) is 5.87. The maximum absolute atomic E-state index is 9.97. The first kappa shape index (κ1) is 7.60. The van der Waals surface area contributed by atoms with Gasteiger partial charge in [0.1, 0.15) is 5.75 Å². The van der Waals surface area contributed by atoms with Crippen LogP contribution in [0.25, 0.3) is 0 Å². The number of hydrogen-bond acceptors (Lipinski definition) is 3. The van der Waals surface area contributed by atoms with Gasteiger partial charge < -0.3 is 10.8 Å². The van der Waals surface area contributed by atoms with Crippen LogP contribution < -0.4 is 5.73 Å². The fourth-order valence-corrected chi connectivity index (χ4v) is 0.821. The number of rotatable bonds is 2. The Bertz CT molecular complexity index is 271. The van der Waals surface area contributed by atoms with Crippen LogP contribution in [-0.2, 0) is 11.2 Å². The van der Waals surface area contributed by atoms with Crippen LogP contribution in [0.2, 0.25) is 0 Å². The molecule has 57 valence electrons. The van der Waals surface area contributed by atoms with E-state index in [2.05, 4.69) is 0 Å². The Hall–Kier alpha value is -1.51. The van der Waals surface area contributed by atoms with Crippen LogP contribution in [0, 0.1) is 0 Å². The van der Waals surface area contributed by atoms with Crippen molar-refractivity contribution >= 4 is 12.0 Å². The molecule has 1 rings (SSSR count). The monoisotopic (exact) mass is 150 g/mol. The molecule has 1 aromatic carbocycles. The Kier molecular flexibility index (Phi) is 2.11. The summed E-state index contributed by atoms with van der Waals surface area (Å²) >= 11 is 0. The number of anilines is 1. The Morgan fingerprint density at radius 3 is 2.82 bits per heavy atom. The Labute approximate surface area is 64.5 Å². The quantitative estimate of drug-likeness (QED) is 0.607. The molecule has 0 aliphatic heterocycles. The summed E-state index contributed by atoms with van der Waals surface area (Å²) in [6.45, 7) is 0. The van der Waals surface area contributed by atoms with Gasteiger partial charge in [-0.05, 0) is 11.6 Å². The van der Waals surface area contributed by atoms with E-state index in [0.29, 0.717) is 11.3 Å². The molecule has 0 atom stereocenters. The average molecular weight is 150 g/mol. The first-order valence-corrected chi connectivity index (χ1v) is 3.16. The van der Waals surface area contributed by atoms with E-state index in [1.54, 1.807) is 12.4 Å². The zero-order chi connectivity index (χ0) is 8.27. The number of hydrogen-bond donors (Lipinski definition) is 2. The number of benzene rings is 1. The topological polar surface area (TPSA) is 63.3 Å². The van der Waals surface area contributed by atoms with Gasteiger partial charge in [-0.25, -0.2) is 0 Å². The van der Waals surface area contributed by atoms with Crippen molar-refractivity contribution in [2.24, 2.45) is 0 Å². The predicted octanol–water partition coefficient (Wildman–Crippen LogP) is 0.627. The second kappa shape index (κ2) is 3.05. The molecule has 3 N–H and O–H groups in total. The maximum atomic E-state index is 9.97. The standard InChI is InChI=1S/C8H8NO2/c9-8-5-7(11)2-1-6(8)3-4-10/h1-2,5,11H,3,9H2. The highest BCUT2D eigenvalue weighted by molar-refractivity contribution is 5.62. The van der Waals surface area contributed by atoms with E-state index < -0.39 is 0 Å². The van der Waals surface area contributed by atoms with Gasteiger partial charge in [-0.15, -0.1) is 0 Å². The van der Waals surface area contributed by atoms with Crippen molar-refractivity contribution in [3.05, 3.63) is 23.8 Å². The van der Waals surface area contributed by atoms with Gasteiger partial charge >= 0.3 is 0 Å². The molecule has 1 radical (unpaired) electrons. The molecule has 0 fully saturated rings. The lowest BCUT2D eigenvalue weighted by Crippen LogP contribution is -1.94. The zero-order valence-corrected chi connectivity index (χ0v) is 5.87. The van der Waals surface area contributed by atoms with Gasteiger partial charge in [0.25, 0.3) is 0 Å². The summed E-state index contributed by atoms with van der Waals surface area (Å²) in [6.07, 6.45) is 1.91. The molecule has 0 heterocycles. The van der Waals surface area contributed by atoms with Crippen LogP contribution in [0.15, 0.2) is 18.2 Å². The maximum Gasteiger partial charge on any atom is 0.203 e. The summed E-state index contributed by atoms with van der Waals surface area (Å²) in [5.74, 6) is 0.108. The smallest absolute Gasteiger partial charge is 0.203 e. The molecule has 0 aliphatic rings. The Morgan fingerprint density at radius 1 is 1.55 bits per heavy atom. The largest absolute Gasteiger partial charge is 0.508 e. The molecule has 11 heavy (non-hydrogen) atoms. The molecule has 0 aliphatic carbocycles. The third kappa shape index (κ3) is 1.70. The minimum Gasteiger partial charge on any atom is -0.508 e. The van der Waals surface area contributed by atoms with E-state index in [1.807, 2.05) is 0 Å². The van der Waals surface area contributed by atoms with E-state index in [1.165, 1.54) is 12.1 Å². The first-order chi connectivity index (χ1) is 5.24. The molecule has 3 nitrogen and oxygen atoms in total. The second-order valence-corrected chi connectivity index (χ2v) is 2.20. The minimum atomic E-state index is 0.108. The molecule has 0 unspecified atom stereocenters. The average Bonchev–Trinajstić information content (AvgIpc) is 1.95. The SMILES string of the molecule is Nc1cc(O)ccc1C[C]=O. The number of nitrogens with two attached hydrogens (primary N) is 1. The van der Waals surface area contributed by atoms with E-state index in [-0.39, 0.29) is 12.2 Å². The summed E-state index contributed by atoms with van der Waals surface area (Å²) in [5, 5.41) is 8.93. The van der Waals surface area contributed by atoms with Crippen molar-refractivity contribution in [2.75, 3.05) is 5.73 Å². The van der Waals surface area contributed by atoms with Crippen molar-refractivity contribution < 1.29 is 9.90 Å². The third-order valence-electron chi connectivity index (χ3n) is 1.39. The van der Waals surface area contributed by atoms with Crippen LogP contribution in [-0.4, -0.2) is 11.4 Å². The van der Waals surface area contributed by atoms with Gasteiger partial charge in [0.05, 0.1) is 0 Å². The van der Waals surface area contributed by atoms with Crippen LogP contribution in [0.1, 0.15) is 5.56 Å². The molecule has 0 spiro atoms. The highest BCUT2D eigenvalue weighted by Crippen LogP contribution is 2.18. The van der Waals surface area contributed by atoms with Gasteiger partial charge in [0, 0.05) is 18.2 Å². The van der Waals surface area contributed by atoms with Gasteiger partial charge in [0.2, 0.25) is 6.29 Å². The van der Waals surface area contributed by atoms with Gasteiger partial charge in [-0.3, -0.25) is 4.79 Å². The Balaban J connectivity index is 2.98. The fourth-order valence-electron chi connectivity index (χ4n) is 0.821. The molecule has 0 aromatic heterocycles. The van der Waals surface area contributed by atoms with Crippen LogP contribution >= 0.6 is 0 Å². The molecular formula is C8H8NO2. The molecule has 0 saturated heterocycles. The lowest BCUT2D eigenvalue weighted by atomic mass is 10.1. The summed E-state index contributed by atoms with van der Waals surface area (Å²) in [7, 11) is 0. The van der Waals surface area contributed by atoms with Gasteiger partial charge in [0.15, 0.2) is 0 Å². The van der Waals surface area contributed by atoms with Crippen molar-refractivity contribution in [1.82, 2.24) is 0 Å². The van der Waals surface area contributed by atoms with E-state index in [9.17, 15) is 4.79 Å². The highest BCUT2D eigenvalue weighted by Gasteiger charge is 1.98. The van der Waals surface area contributed by atoms with Crippen molar-refractivity contribution in [3.63, 3.8) is 0 Å². The number of phenols is 1. The van der Waals surface area contributed by atoms with E-state index in [0.717, 1.165) is 0 Å². The number of nitrogen functional groups attached to an aromatic ring is 1. The van der Waals surface area contributed by atoms with Crippen LogP contribution in [0.5, 0.6) is 5.75 Å². The van der Waals surface area contributed by atoms with Crippen LogP contribution in [0.3, 0.4) is 0 Å². The number of aromatic hydroxyl groups is 1.